The van der Waals surface area contributed by atoms with Crippen molar-refractivity contribution in [3.8, 4) is 0 Å². The monoisotopic (exact) mass is 580 g/mol. The molecule has 2 saturated heterocycles. The van der Waals surface area contributed by atoms with E-state index in [1.54, 1.807) is 0 Å². The SMILES string of the molecule is CNC1Cc2c[nH]c3cccc(c23)C1C=C(C)COC1(COC2(CO)OC(CO)C(O)C2O)OC(CO)C(O)C1O. The molecule has 1 aliphatic carbocycles. The highest BCUT2D eigenvalue weighted by Crippen LogP contribution is 2.40. The van der Waals surface area contributed by atoms with Crippen LogP contribution in [0.3, 0.4) is 0 Å². The third kappa shape index (κ3) is 5.24. The van der Waals surface area contributed by atoms with Crippen molar-refractivity contribution in [2.75, 3.05) is 40.1 Å². The Morgan fingerprint density at radius 2 is 1.68 bits per heavy atom. The lowest BCUT2D eigenvalue weighted by Gasteiger charge is -2.37. The molecule has 41 heavy (non-hydrogen) atoms. The average molecular weight is 581 g/mol. The number of aromatic nitrogens is 1. The van der Waals surface area contributed by atoms with Crippen molar-refractivity contribution < 1.29 is 54.7 Å². The molecular formula is C28H40N2O11. The normalized spacial score (nSPS) is 39.2. The maximum Gasteiger partial charge on any atom is 0.222 e. The summed E-state index contributed by atoms with van der Waals surface area (Å²) in [7, 11) is 1.91. The zero-order valence-corrected chi connectivity index (χ0v) is 23.0. The number of likely N-dealkylation sites (N-methyl/N-ethyl adjacent to an activating group) is 1. The molecule has 228 valence electrons. The molecule has 3 heterocycles. The highest BCUT2D eigenvalue weighted by molar-refractivity contribution is 5.88. The number of aliphatic hydroxyl groups is 7. The molecule has 0 spiro atoms. The van der Waals surface area contributed by atoms with Crippen LogP contribution in [0, 0.1) is 0 Å². The van der Waals surface area contributed by atoms with Gasteiger partial charge in [0.05, 0.1) is 19.8 Å². The number of hydrogen-bond acceptors (Lipinski definition) is 12. The first-order chi connectivity index (χ1) is 19.6. The van der Waals surface area contributed by atoms with E-state index in [9.17, 15) is 35.7 Å². The summed E-state index contributed by atoms with van der Waals surface area (Å²) in [5.41, 5.74) is 4.24. The summed E-state index contributed by atoms with van der Waals surface area (Å²) in [5.74, 6) is -4.18. The predicted octanol–water partition coefficient (Wildman–Crippen LogP) is -2.01. The standard InChI is InChI=1S/C28H40N2O11/c1-14(6-17-16-4-3-5-18-22(16)15(8-30-18)7-19(17)29-2)11-38-28(26(37)24(35)21(10-32)41-28)13-39-27(12-33)25(36)23(34)20(9-31)40-27/h3-6,8,17,19-21,23-26,29-37H,7,9-13H2,1-2H3. The van der Waals surface area contributed by atoms with Crippen LogP contribution >= 0.6 is 0 Å². The van der Waals surface area contributed by atoms with Gasteiger partial charge < -0.3 is 65.0 Å². The van der Waals surface area contributed by atoms with Crippen molar-refractivity contribution >= 4 is 10.9 Å². The minimum atomic E-state index is -2.16. The molecule has 0 radical (unpaired) electrons. The van der Waals surface area contributed by atoms with Gasteiger partial charge in [0.1, 0.15) is 49.8 Å². The molecule has 3 aliphatic rings. The number of H-pyrrole nitrogens is 1. The first kappa shape index (κ1) is 30.5. The van der Waals surface area contributed by atoms with Crippen LogP contribution < -0.4 is 5.32 Å². The summed E-state index contributed by atoms with van der Waals surface area (Å²) in [5, 5.41) is 76.0. The number of benzene rings is 1. The number of aromatic amines is 1. The summed E-state index contributed by atoms with van der Waals surface area (Å²) in [6.45, 7) is -1.04. The van der Waals surface area contributed by atoms with Crippen LogP contribution in [-0.2, 0) is 25.4 Å². The lowest BCUT2D eigenvalue weighted by molar-refractivity contribution is -0.337. The molecule has 1 aromatic heterocycles. The van der Waals surface area contributed by atoms with Crippen LogP contribution in [0.5, 0.6) is 0 Å². The second-order valence-corrected chi connectivity index (χ2v) is 11.1. The van der Waals surface area contributed by atoms with E-state index in [-0.39, 0.29) is 18.6 Å². The fourth-order valence-corrected chi connectivity index (χ4v) is 6.19. The summed E-state index contributed by atoms with van der Waals surface area (Å²) in [4.78, 5) is 3.33. The van der Waals surface area contributed by atoms with Crippen molar-refractivity contribution in [1.29, 1.82) is 0 Å². The van der Waals surface area contributed by atoms with E-state index >= 15 is 0 Å². The maximum absolute atomic E-state index is 11.0. The maximum atomic E-state index is 11.0. The zero-order chi connectivity index (χ0) is 29.5. The van der Waals surface area contributed by atoms with E-state index in [0.717, 1.165) is 23.1 Å². The van der Waals surface area contributed by atoms with E-state index in [1.165, 1.54) is 10.9 Å². The van der Waals surface area contributed by atoms with Crippen LogP contribution in [0.1, 0.15) is 24.0 Å². The third-order valence-electron chi connectivity index (χ3n) is 8.54. The third-order valence-corrected chi connectivity index (χ3v) is 8.54. The van der Waals surface area contributed by atoms with Gasteiger partial charge in [0, 0.05) is 29.1 Å². The lowest BCUT2D eigenvalue weighted by Crippen LogP contribution is -2.55. The van der Waals surface area contributed by atoms with Gasteiger partial charge in [-0.2, -0.15) is 0 Å². The fraction of sp³-hybridized carbons (Fsp3) is 0.643. The first-order valence-electron chi connectivity index (χ1n) is 13.8. The molecule has 10 atom stereocenters. The van der Waals surface area contributed by atoms with Crippen LogP contribution in [0.2, 0.25) is 0 Å². The molecule has 9 N–H and O–H groups in total. The molecule has 2 aromatic rings. The van der Waals surface area contributed by atoms with E-state index in [2.05, 4.69) is 22.4 Å². The number of ether oxygens (including phenoxy) is 4. The van der Waals surface area contributed by atoms with Crippen molar-refractivity contribution in [2.45, 2.75) is 73.5 Å². The van der Waals surface area contributed by atoms with Gasteiger partial charge >= 0.3 is 0 Å². The van der Waals surface area contributed by atoms with Gasteiger partial charge in [0.25, 0.3) is 0 Å². The van der Waals surface area contributed by atoms with Crippen molar-refractivity contribution in [1.82, 2.24) is 10.3 Å². The van der Waals surface area contributed by atoms with Crippen molar-refractivity contribution in [3.63, 3.8) is 0 Å². The number of nitrogens with one attached hydrogen (secondary N) is 2. The predicted molar refractivity (Wildman–Crippen MR) is 144 cm³/mol. The Kier molecular flexibility index (Phi) is 8.89. The average Bonchev–Trinajstić information content (AvgIpc) is 3.60. The lowest BCUT2D eigenvalue weighted by atomic mass is 9.79. The number of aliphatic hydroxyl groups excluding tert-OH is 7. The largest absolute Gasteiger partial charge is 0.394 e. The second kappa shape index (κ2) is 12.0. The molecule has 5 rings (SSSR count). The Balaban J connectivity index is 1.38. The Bertz CT molecular complexity index is 1240. The van der Waals surface area contributed by atoms with E-state index in [4.69, 9.17) is 18.9 Å². The van der Waals surface area contributed by atoms with Crippen LogP contribution in [0.25, 0.3) is 10.9 Å². The Morgan fingerprint density at radius 3 is 2.29 bits per heavy atom. The minimum Gasteiger partial charge on any atom is -0.394 e. The highest BCUT2D eigenvalue weighted by Gasteiger charge is 2.60. The van der Waals surface area contributed by atoms with E-state index in [1.807, 2.05) is 32.3 Å². The molecule has 10 unspecified atom stereocenters. The summed E-state index contributed by atoms with van der Waals surface area (Å²) in [6, 6.07) is 6.25. The smallest absolute Gasteiger partial charge is 0.222 e. The second-order valence-electron chi connectivity index (χ2n) is 11.1. The van der Waals surface area contributed by atoms with Gasteiger partial charge in [-0.25, -0.2) is 0 Å². The topological polar surface area (TPSA) is 206 Å². The van der Waals surface area contributed by atoms with E-state index in [0.29, 0.717) is 0 Å². The Hall–Kier alpha value is -1.98. The quantitative estimate of drug-likeness (QED) is 0.132. The van der Waals surface area contributed by atoms with E-state index < -0.39 is 74.6 Å². The van der Waals surface area contributed by atoms with Crippen LogP contribution in [0.4, 0.5) is 0 Å². The molecular weight excluding hydrogens is 540 g/mol. The number of rotatable bonds is 11. The molecule has 13 heteroatoms. The molecule has 13 nitrogen and oxygen atoms in total. The van der Waals surface area contributed by atoms with Crippen LogP contribution in [-0.4, -0.2) is 135 Å². The highest BCUT2D eigenvalue weighted by atomic mass is 16.8. The zero-order valence-electron chi connectivity index (χ0n) is 23.0. The minimum absolute atomic E-state index is 0.00426. The first-order valence-corrected chi connectivity index (χ1v) is 13.8. The van der Waals surface area contributed by atoms with Gasteiger partial charge in [0.2, 0.25) is 11.6 Å². The Morgan fingerprint density at radius 1 is 1.02 bits per heavy atom. The summed E-state index contributed by atoms with van der Waals surface area (Å²) >= 11 is 0. The number of hydrogen-bond donors (Lipinski definition) is 9. The summed E-state index contributed by atoms with van der Waals surface area (Å²) in [6.07, 6.45) is -4.02. The van der Waals surface area contributed by atoms with Crippen LogP contribution in [0.15, 0.2) is 36.0 Å². The molecule has 0 bridgehead atoms. The molecule has 0 amide bonds. The van der Waals surface area contributed by atoms with Crippen molar-refractivity contribution in [3.05, 3.63) is 47.2 Å². The fourth-order valence-electron chi connectivity index (χ4n) is 6.19. The van der Waals surface area contributed by atoms with Gasteiger partial charge in [-0.05, 0) is 37.6 Å². The summed E-state index contributed by atoms with van der Waals surface area (Å²) < 4.78 is 23.0. The Labute approximate surface area is 236 Å². The molecule has 0 saturated carbocycles. The van der Waals surface area contributed by atoms with Gasteiger partial charge in [0.15, 0.2) is 0 Å². The molecule has 2 aliphatic heterocycles. The van der Waals surface area contributed by atoms with Gasteiger partial charge in [-0.3, -0.25) is 0 Å². The van der Waals surface area contributed by atoms with Crippen molar-refractivity contribution in [2.24, 2.45) is 0 Å². The van der Waals surface area contributed by atoms with Gasteiger partial charge in [-0.15, -0.1) is 0 Å². The van der Waals surface area contributed by atoms with Gasteiger partial charge in [-0.1, -0.05) is 23.8 Å². The molecule has 2 fully saturated rings. The molecule has 1 aromatic carbocycles.